The lowest BCUT2D eigenvalue weighted by Gasteiger charge is -2.11. The van der Waals surface area contributed by atoms with Crippen LogP contribution in [0.2, 0.25) is 0 Å². The van der Waals surface area contributed by atoms with E-state index in [9.17, 15) is 0 Å². The Morgan fingerprint density at radius 2 is 1.87 bits per heavy atom. The van der Waals surface area contributed by atoms with Gasteiger partial charge in [-0.15, -0.1) is 0 Å². The summed E-state index contributed by atoms with van der Waals surface area (Å²) in [5, 5.41) is 0. The van der Waals surface area contributed by atoms with Crippen LogP contribution in [-0.4, -0.2) is 14.6 Å². The summed E-state index contributed by atoms with van der Waals surface area (Å²) in [6, 6.07) is 4.06. The van der Waals surface area contributed by atoms with Crippen molar-refractivity contribution in [3.63, 3.8) is 0 Å². The summed E-state index contributed by atoms with van der Waals surface area (Å²) in [6.45, 7) is 4.03. The quantitative estimate of drug-likeness (QED) is 0.773. The summed E-state index contributed by atoms with van der Waals surface area (Å²) in [5.74, 6) is 1.04. The topological polar surface area (TPSA) is 68.8 Å². The molecule has 5 nitrogen and oxygen atoms in total. The first-order valence-corrected chi connectivity index (χ1v) is 4.66. The van der Waals surface area contributed by atoms with Crippen LogP contribution in [0.25, 0.3) is 0 Å². The summed E-state index contributed by atoms with van der Waals surface area (Å²) in [4.78, 5) is 8.07. The van der Waals surface area contributed by atoms with Crippen molar-refractivity contribution in [3.8, 4) is 0 Å². The number of nitrogen functional groups attached to an aromatic ring is 1. The van der Waals surface area contributed by atoms with E-state index in [-0.39, 0.29) is 0 Å². The molecule has 0 aliphatic heterocycles. The minimum atomic E-state index is 0.405. The van der Waals surface area contributed by atoms with Crippen LogP contribution in [0.15, 0.2) is 24.5 Å². The van der Waals surface area contributed by atoms with Crippen LogP contribution in [0.4, 0.5) is 11.6 Å². The molecule has 0 radical (unpaired) electrons. The summed E-state index contributed by atoms with van der Waals surface area (Å²) in [7, 11) is 0. The fourth-order valence-corrected chi connectivity index (χ4v) is 1.39. The van der Waals surface area contributed by atoms with Crippen molar-refractivity contribution in [2.45, 2.75) is 13.8 Å². The molecule has 2 rings (SSSR count). The molecule has 0 bridgehead atoms. The first-order valence-electron chi connectivity index (χ1n) is 4.66. The van der Waals surface area contributed by atoms with Crippen LogP contribution in [0.1, 0.15) is 11.4 Å². The van der Waals surface area contributed by atoms with Gasteiger partial charge in [0.25, 0.3) is 0 Å². The van der Waals surface area contributed by atoms with Gasteiger partial charge in [0.2, 0.25) is 0 Å². The van der Waals surface area contributed by atoms with E-state index in [2.05, 4.69) is 15.4 Å². The zero-order valence-electron chi connectivity index (χ0n) is 8.73. The molecular formula is C10H13N5. The molecule has 78 valence electrons. The number of anilines is 2. The normalized spacial score (nSPS) is 10.3. The first kappa shape index (κ1) is 9.51. The molecule has 0 fully saturated rings. The Kier molecular flexibility index (Phi) is 2.29. The summed E-state index contributed by atoms with van der Waals surface area (Å²) >= 11 is 0. The molecule has 2 heterocycles. The number of nitrogens with one attached hydrogen (secondary N) is 1. The Balaban J connectivity index is 2.29. The van der Waals surface area contributed by atoms with Gasteiger partial charge >= 0.3 is 0 Å². The first-order chi connectivity index (χ1) is 7.16. The average Bonchev–Trinajstić information content (AvgIpc) is 2.50. The van der Waals surface area contributed by atoms with Crippen molar-refractivity contribution in [2.75, 3.05) is 11.2 Å². The van der Waals surface area contributed by atoms with E-state index < -0.39 is 0 Å². The average molecular weight is 203 g/mol. The predicted molar refractivity (Wildman–Crippen MR) is 59.4 cm³/mol. The van der Waals surface area contributed by atoms with Crippen LogP contribution in [0, 0.1) is 13.8 Å². The Hall–Kier alpha value is -2.04. The van der Waals surface area contributed by atoms with Crippen LogP contribution in [0.3, 0.4) is 0 Å². The molecule has 2 aromatic rings. The molecule has 15 heavy (non-hydrogen) atoms. The zero-order valence-corrected chi connectivity index (χ0v) is 8.73. The predicted octanol–water partition coefficient (Wildman–Crippen LogP) is 1.35. The molecule has 0 unspecified atom stereocenters. The molecule has 5 heteroatoms. The van der Waals surface area contributed by atoms with Gasteiger partial charge in [-0.2, -0.15) is 0 Å². The van der Waals surface area contributed by atoms with Gasteiger partial charge < -0.3 is 5.73 Å². The number of aromatic nitrogens is 3. The van der Waals surface area contributed by atoms with E-state index in [1.807, 2.05) is 30.7 Å². The number of hydrogen-bond acceptors (Lipinski definition) is 4. The Morgan fingerprint density at radius 3 is 2.47 bits per heavy atom. The molecule has 0 saturated carbocycles. The highest BCUT2D eigenvalue weighted by atomic mass is 15.4. The number of rotatable bonds is 2. The molecule has 0 aliphatic carbocycles. The molecule has 0 spiro atoms. The Labute approximate surface area is 87.9 Å². The summed E-state index contributed by atoms with van der Waals surface area (Å²) in [6.07, 6.45) is 3.15. The second-order valence-electron chi connectivity index (χ2n) is 3.39. The molecule has 2 aromatic heterocycles. The van der Waals surface area contributed by atoms with Crippen LogP contribution < -0.4 is 11.2 Å². The summed E-state index contributed by atoms with van der Waals surface area (Å²) in [5.41, 5.74) is 10.9. The van der Waals surface area contributed by atoms with Gasteiger partial charge in [0, 0.05) is 11.4 Å². The lowest BCUT2D eigenvalue weighted by atomic mass is 10.5. The number of nitrogens with zero attached hydrogens (tertiary/aromatic N) is 3. The van der Waals surface area contributed by atoms with Gasteiger partial charge in [-0.1, -0.05) is 0 Å². The molecule has 0 atom stereocenters. The third-order valence-electron chi connectivity index (χ3n) is 2.15. The van der Waals surface area contributed by atoms with Crippen LogP contribution in [-0.2, 0) is 0 Å². The van der Waals surface area contributed by atoms with Gasteiger partial charge in [-0.3, -0.25) is 15.1 Å². The highest BCUT2D eigenvalue weighted by Crippen LogP contribution is 2.09. The van der Waals surface area contributed by atoms with Gasteiger partial charge in [-0.05, 0) is 26.0 Å². The van der Waals surface area contributed by atoms with Gasteiger partial charge in [0.1, 0.15) is 5.82 Å². The largest absolute Gasteiger partial charge is 0.382 e. The van der Waals surface area contributed by atoms with Gasteiger partial charge in [-0.25, -0.2) is 4.98 Å². The molecule has 0 aliphatic rings. The number of nitrogens with two attached hydrogens (primary N) is 1. The minimum Gasteiger partial charge on any atom is -0.382 e. The highest BCUT2D eigenvalue weighted by Gasteiger charge is 2.01. The Bertz CT molecular complexity index is 455. The molecule has 0 saturated heterocycles. The van der Waals surface area contributed by atoms with Crippen molar-refractivity contribution < 1.29 is 0 Å². The fraction of sp³-hybridized carbons (Fsp3) is 0.200. The SMILES string of the molecule is Cc1ccc(C)n1Nc1cncc(N)n1. The van der Waals surface area contributed by atoms with Crippen molar-refractivity contribution in [1.82, 2.24) is 14.6 Å². The van der Waals surface area contributed by atoms with Crippen molar-refractivity contribution in [3.05, 3.63) is 35.9 Å². The molecular weight excluding hydrogens is 190 g/mol. The van der Waals surface area contributed by atoms with Gasteiger partial charge in [0.15, 0.2) is 5.82 Å². The van der Waals surface area contributed by atoms with Gasteiger partial charge in [0.05, 0.1) is 12.4 Å². The van der Waals surface area contributed by atoms with E-state index in [1.165, 1.54) is 6.20 Å². The van der Waals surface area contributed by atoms with Crippen LogP contribution >= 0.6 is 0 Å². The van der Waals surface area contributed by atoms with E-state index in [0.29, 0.717) is 11.6 Å². The molecule has 0 aromatic carbocycles. The standard InChI is InChI=1S/C10H13N5/c1-7-3-4-8(2)15(7)14-10-6-12-5-9(11)13-10/h3-6H,1-2H3,(H3,11,13,14). The second-order valence-corrected chi connectivity index (χ2v) is 3.39. The van der Waals surface area contributed by atoms with Crippen molar-refractivity contribution in [2.24, 2.45) is 0 Å². The fourth-order valence-electron chi connectivity index (χ4n) is 1.39. The van der Waals surface area contributed by atoms with E-state index in [0.717, 1.165) is 11.4 Å². The van der Waals surface area contributed by atoms with E-state index in [4.69, 9.17) is 5.73 Å². The van der Waals surface area contributed by atoms with Crippen molar-refractivity contribution in [1.29, 1.82) is 0 Å². The highest BCUT2D eigenvalue weighted by molar-refractivity contribution is 5.39. The number of hydrogen-bond donors (Lipinski definition) is 2. The lowest BCUT2D eigenvalue weighted by Crippen LogP contribution is -2.13. The maximum atomic E-state index is 5.54. The smallest absolute Gasteiger partial charge is 0.165 e. The zero-order chi connectivity index (χ0) is 10.8. The second kappa shape index (κ2) is 3.61. The lowest BCUT2D eigenvalue weighted by molar-refractivity contribution is 0.868. The molecule has 3 N–H and O–H groups in total. The van der Waals surface area contributed by atoms with Crippen LogP contribution in [0.5, 0.6) is 0 Å². The maximum Gasteiger partial charge on any atom is 0.165 e. The third kappa shape index (κ3) is 1.90. The monoisotopic (exact) mass is 203 g/mol. The minimum absolute atomic E-state index is 0.405. The number of aryl methyl sites for hydroxylation is 2. The maximum absolute atomic E-state index is 5.54. The van der Waals surface area contributed by atoms with E-state index >= 15 is 0 Å². The van der Waals surface area contributed by atoms with E-state index in [1.54, 1.807) is 6.20 Å². The van der Waals surface area contributed by atoms with Crippen molar-refractivity contribution >= 4 is 11.6 Å². The molecule has 0 amide bonds. The summed E-state index contributed by atoms with van der Waals surface area (Å²) < 4.78 is 1.93. The Morgan fingerprint density at radius 1 is 1.20 bits per heavy atom. The third-order valence-corrected chi connectivity index (χ3v) is 2.15.